The van der Waals surface area contributed by atoms with E-state index in [0.717, 1.165) is 5.56 Å². The Morgan fingerprint density at radius 3 is 2.29 bits per heavy atom. The highest BCUT2D eigenvalue weighted by atomic mass is 79.9. The van der Waals surface area contributed by atoms with Gasteiger partial charge in [-0.05, 0) is 30.3 Å². The fourth-order valence-corrected chi connectivity index (χ4v) is 2.94. The van der Waals surface area contributed by atoms with Crippen LogP contribution in [0, 0.1) is 5.82 Å². The van der Waals surface area contributed by atoms with Gasteiger partial charge in [0.05, 0.1) is 26.2 Å². The largest absolute Gasteiger partial charge is 0.497 e. The third-order valence-electron chi connectivity index (χ3n) is 3.20. The molecule has 0 aliphatic carbocycles. The van der Waals surface area contributed by atoms with Crippen LogP contribution in [-0.4, -0.2) is 21.3 Å². The highest BCUT2D eigenvalue weighted by Gasteiger charge is 2.23. The van der Waals surface area contributed by atoms with Gasteiger partial charge in [0.25, 0.3) is 0 Å². The van der Waals surface area contributed by atoms with Crippen LogP contribution in [0.2, 0.25) is 0 Å². The number of methoxy groups -OCH3 is 3. The van der Waals surface area contributed by atoms with E-state index in [1.165, 1.54) is 13.2 Å². The normalized spacial score (nSPS) is 11.9. The van der Waals surface area contributed by atoms with Gasteiger partial charge < -0.3 is 14.2 Å². The van der Waals surface area contributed by atoms with Crippen molar-refractivity contribution in [2.45, 2.75) is 4.83 Å². The van der Waals surface area contributed by atoms with E-state index < -0.39 is 4.83 Å². The molecule has 2 aromatic rings. The Morgan fingerprint density at radius 1 is 0.952 bits per heavy atom. The van der Waals surface area contributed by atoms with Crippen LogP contribution >= 0.6 is 15.9 Å². The molecule has 21 heavy (non-hydrogen) atoms. The molecule has 0 aromatic heterocycles. The van der Waals surface area contributed by atoms with Crippen molar-refractivity contribution in [3.8, 4) is 17.2 Å². The highest BCUT2D eigenvalue weighted by molar-refractivity contribution is 9.09. The Bertz CT molecular complexity index is 631. The van der Waals surface area contributed by atoms with Gasteiger partial charge in [-0.15, -0.1) is 0 Å². The lowest BCUT2D eigenvalue weighted by atomic mass is 10.0. The molecule has 0 saturated heterocycles. The summed E-state index contributed by atoms with van der Waals surface area (Å²) in [5.74, 6) is 1.44. The molecule has 5 heteroatoms. The van der Waals surface area contributed by atoms with Crippen LogP contribution in [0.4, 0.5) is 4.39 Å². The molecule has 1 unspecified atom stereocenters. The van der Waals surface area contributed by atoms with Crippen molar-refractivity contribution in [1.29, 1.82) is 0 Å². The van der Waals surface area contributed by atoms with Gasteiger partial charge in [0, 0.05) is 11.1 Å². The monoisotopic (exact) mass is 354 g/mol. The summed E-state index contributed by atoms with van der Waals surface area (Å²) in [5.41, 5.74) is 1.19. The van der Waals surface area contributed by atoms with Gasteiger partial charge in [-0.2, -0.15) is 0 Å². The Balaban J connectivity index is 2.56. The molecule has 3 nitrogen and oxygen atoms in total. The summed E-state index contributed by atoms with van der Waals surface area (Å²) in [6, 6.07) is 10.1. The second kappa shape index (κ2) is 6.80. The zero-order valence-corrected chi connectivity index (χ0v) is 13.6. The highest BCUT2D eigenvalue weighted by Crippen LogP contribution is 2.42. The first kappa shape index (κ1) is 15.6. The molecule has 2 aromatic carbocycles. The molecule has 0 saturated carbocycles. The fraction of sp³-hybridized carbons (Fsp3) is 0.250. The SMILES string of the molecule is COc1ccc(OC)c(C(Br)c2c(F)cccc2OC)c1. The van der Waals surface area contributed by atoms with E-state index in [0.29, 0.717) is 22.8 Å². The predicted molar refractivity (Wildman–Crippen MR) is 83.3 cm³/mol. The molecule has 0 N–H and O–H groups in total. The Morgan fingerprint density at radius 2 is 1.67 bits per heavy atom. The van der Waals surface area contributed by atoms with E-state index in [1.807, 2.05) is 6.07 Å². The van der Waals surface area contributed by atoms with E-state index in [-0.39, 0.29) is 5.82 Å². The number of halogens is 2. The fourth-order valence-electron chi connectivity index (χ4n) is 2.13. The van der Waals surface area contributed by atoms with Crippen LogP contribution in [-0.2, 0) is 0 Å². The number of rotatable bonds is 5. The lowest BCUT2D eigenvalue weighted by Crippen LogP contribution is -2.03. The summed E-state index contributed by atoms with van der Waals surface area (Å²) >= 11 is 3.54. The van der Waals surface area contributed by atoms with E-state index in [9.17, 15) is 4.39 Å². The molecular weight excluding hydrogens is 339 g/mol. The molecule has 0 aliphatic rings. The molecule has 0 radical (unpaired) electrons. The van der Waals surface area contributed by atoms with E-state index in [2.05, 4.69) is 15.9 Å². The quantitative estimate of drug-likeness (QED) is 0.747. The smallest absolute Gasteiger partial charge is 0.131 e. The van der Waals surface area contributed by atoms with Crippen LogP contribution in [0.25, 0.3) is 0 Å². The van der Waals surface area contributed by atoms with E-state index >= 15 is 0 Å². The van der Waals surface area contributed by atoms with Gasteiger partial charge in [0.1, 0.15) is 23.1 Å². The Kier molecular flexibility index (Phi) is 5.07. The molecule has 0 bridgehead atoms. The van der Waals surface area contributed by atoms with Crippen LogP contribution in [0.3, 0.4) is 0 Å². The third-order valence-corrected chi connectivity index (χ3v) is 4.15. The number of hydrogen-bond acceptors (Lipinski definition) is 3. The number of hydrogen-bond donors (Lipinski definition) is 0. The zero-order chi connectivity index (χ0) is 15.4. The van der Waals surface area contributed by atoms with Crippen molar-refractivity contribution in [2.75, 3.05) is 21.3 Å². The number of benzene rings is 2. The Labute approximate surface area is 131 Å². The molecule has 112 valence electrons. The maximum absolute atomic E-state index is 14.2. The zero-order valence-electron chi connectivity index (χ0n) is 12.0. The van der Waals surface area contributed by atoms with Gasteiger partial charge in [-0.1, -0.05) is 22.0 Å². The first-order chi connectivity index (χ1) is 10.1. The average molecular weight is 355 g/mol. The predicted octanol–water partition coefficient (Wildman–Crippen LogP) is 4.34. The topological polar surface area (TPSA) is 27.7 Å². The van der Waals surface area contributed by atoms with Gasteiger partial charge in [-0.3, -0.25) is 0 Å². The average Bonchev–Trinajstić information content (AvgIpc) is 2.53. The molecule has 0 spiro atoms. The minimum absolute atomic E-state index is 0.346. The number of ether oxygens (including phenoxy) is 3. The van der Waals surface area contributed by atoms with Crippen molar-refractivity contribution in [1.82, 2.24) is 0 Å². The summed E-state index contributed by atoms with van der Waals surface area (Å²) in [6.07, 6.45) is 0. The van der Waals surface area contributed by atoms with Crippen molar-refractivity contribution in [2.24, 2.45) is 0 Å². The van der Waals surface area contributed by atoms with Crippen molar-refractivity contribution in [3.63, 3.8) is 0 Å². The summed E-state index contributed by atoms with van der Waals surface area (Å²) in [5, 5.41) is 0. The lowest BCUT2D eigenvalue weighted by molar-refractivity contribution is 0.395. The first-order valence-electron chi connectivity index (χ1n) is 6.30. The Hall–Kier alpha value is -1.75. The molecule has 0 fully saturated rings. The minimum Gasteiger partial charge on any atom is -0.497 e. The van der Waals surface area contributed by atoms with Crippen LogP contribution in [0.1, 0.15) is 16.0 Å². The van der Waals surface area contributed by atoms with Crippen molar-refractivity contribution in [3.05, 3.63) is 53.3 Å². The molecule has 0 heterocycles. The third kappa shape index (κ3) is 3.13. The van der Waals surface area contributed by atoms with Crippen LogP contribution in [0.5, 0.6) is 17.2 Å². The minimum atomic E-state index is -0.418. The van der Waals surface area contributed by atoms with Crippen molar-refractivity contribution < 1.29 is 18.6 Å². The summed E-state index contributed by atoms with van der Waals surface area (Å²) in [7, 11) is 4.67. The standard InChI is InChI=1S/C16H16BrFO3/c1-19-10-7-8-13(20-2)11(9-10)16(17)15-12(18)5-4-6-14(15)21-3/h4-9,16H,1-3H3. The summed E-state index contributed by atoms with van der Waals surface area (Å²) in [4.78, 5) is -0.418. The van der Waals surface area contributed by atoms with Gasteiger partial charge in [0.15, 0.2) is 0 Å². The van der Waals surface area contributed by atoms with Gasteiger partial charge >= 0.3 is 0 Å². The molecule has 1 atom stereocenters. The summed E-state index contributed by atoms with van der Waals surface area (Å²) in [6.45, 7) is 0. The van der Waals surface area contributed by atoms with Crippen LogP contribution < -0.4 is 14.2 Å². The van der Waals surface area contributed by atoms with E-state index in [1.54, 1.807) is 38.5 Å². The lowest BCUT2D eigenvalue weighted by Gasteiger charge is -2.18. The number of alkyl halides is 1. The molecule has 0 aliphatic heterocycles. The maximum Gasteiger partial charge on any atom is 0.131 e. The second-order valence-electron chi connectivity index (χ2n) is 4.33. The first-order valence-corrected chi connectivity index (χ1v) is 7.22. The van der Waals surface area contributed by atoms with Gasteiger partial charge in [0.2, 0.25) is 0 Å². The molecular formula is C16H16BrFO3. The molecule has 2 rings (SSSR count). The summed E-state index contributed by atoms with van der Waals surface area (Å²) < 4.78 is 30.0. The van der Waals surface area contributed by atoms with Crippen molar-refractivity contribution >= 4 is 15.9 Å². The second-order valence-corrected chi connectivity index (χ2v) is 5.24. The maximum atomic E-state index is 14.2. The molecule has 0 amide bonds. The van der Waals surface area contributed by atoms with Gasteiger partial charge in [-0.25, -0.2) is 4.39 Å². The van der Waals surface area contributed by atoms with Crippen LogP contribution in [0.15, 0.2) is 36.4 Å². The van der Waals surface area contributed by atoms with E-state index in [4.69, 9.17) is 14.2 Å².